The van der Waals surface area contributed by atoms with E-state index in [1.807, 2.05) is 36.4 Å². The first kappa shape index (κ1) is 24.7. The lowest BCUT2D eigenvalue weighted by molar-refractivity contribution is 0.0963. The third-order valence-corrected chi connectivity index (χ3v) is 4.44. The number of nitrogens with one attached hydrogen (secondary N) is 3. The lowest BCUT2D eigenvalue weighted by Crippen LogP contribution is -2.38. The molecule has 2 rings (SSSR count). The van der Waals surface area contributed by atoms with E-state index in [0.29, 0.717) is 5.56 Å². The van der Waals surface area contributed by atoms with Crippen LogP contribution in [-0.2, 0) is 12.8 Å². The van der Waals surface area contributed by atoms with Gasteiger partial charge in [-0.3, -0.25) is 9.79 Å². The topological polar surface area (TPSA) is 74.8 Å². The number of hydrogen-bond acceptors (Lipinski definition) is 3. The molecule has 0 aliphatic carbocycles. The highest BCUT2D eigenvalue weighted by Crippen LogP contribution is 2.12. The van der Waals surface area contributed by atoms with Crippen molar-refractivity contribution < 1.29 is 9.53 Å². The Bertz CT molecular complexity index is 779. The van der Waals surface area contributed by atoms with E-state index in [1.54, 1.807) is 21.2 Å². The predicted molar refractivity (Wildman–Crippen MR) is 130 cm³/mol. The number of benzene rings is 2. The van der Waals surface area contributed by atoms with E-state index < -0.39 is 0 Å². The number of aryl methyl sites for hydroxylation is 1. The van der Waals surface area contributed by atoms with Crippen molar-refractivity contribution in [1.29, 1.82) is 0 Å². The molecule has 7 heteroatoms. The molecule has 0 unspecified atom stereocenters. The summed E-state index contributed by atoms with van der Waals surface area (Å²) in [5, 5.41) is 9.30. The highest BCUT2D eigenvalue weighted by Gasteiger charge is 2.04. The molecule has 0 saturated carbocycles. The van der Waals surface area contributed by atoms with Crippen LogP contribution in [0.15, 0.2) is 53.5 Å². The van der Waals surface area contributed by atoms with E-state index in [9.17, 15) is 4.79 Å². The van der Waals surface area contributed by atoms with Gasteiger partial charge < -0.3 is 20.7 Å². The van der Waals surface area contributed by atoms with E-state index in [1.165, 1.54) is 5.56 Å². The molecular formula is C22H31IN4O2. The molecule has 0 fully saturated rings. The number of amides is 1. The highest BCUT2D eigenvalue weighted by molar-refractivity contribution is 14.0. The summed E-state index contributed by atoms with van der Waals surface area (Å²) in [4.78, 5) is 16.0. The highest BCUT2D eigenvalue weighted by atomic mass is 127. The summed E-state index contributed by atoms with van der Waals surface area (Å²) in [6.45, 7) is 1.59. The summed E-state index contributed by atoms with van der Waals surface area (Å²) in [7, 11) is 5.09. The third kappa shape index (κ3) is 8.72. The number of halogens is 1. The normalized spacial score (nSPS) is 10.7. The molecule has 0 saturated heterocycles. The molecule has 0 bridgehead atoms. The van der Waals surface area contributed by atoms with Crippen LogP contribution in [0.3, 0.4) is 0 Å². The minimum absolute atomic E-state index is 0. The van der Waals surface area contributed by atoms with Crippen LogP contribution in [0, 0.1) is 0 Å². The zero-order valence-corrected chi connectivity index (χ0v) is 19.7. The summed E-state index contributed by atoms with van der Waals surface area (Å²) in [6, 6.07) is 15.8. The summed E-state index contributed by atoms with van der Waals surface area (Å²) in [5.41, 5.74) is 3.09. The van der Waals surface area contributed by atoms with E-state index >= 15 is 0 Å². The molecule has 2 aromatic carbocycles. The van der Waals surface area contributed by atoms with Crippen LogP contribution in [0.4, 0.5) is 0 Å². The second kappa shape index (κ2) is 13.8. The number of ether oxygens (including phenoxy) is 1. The van der Waals surface area contributed by atoms with Crippen LogP contribution in [0.25, 0.3) is 0 Å². The van der Waals surface area contributed by atoms with Crippen molar-refractivity contribution in [3.05, 3.63) is 65.2 Å². The molecular weight excluding hydrogens is 479 g/mol. The zero-order valence-electron chi connectivity index (χ0n) is 17.3. The number of hydrogen-bond donors (Lipinski definition) is 3. The van der Waals surface area contributed by atoms with Gasteiger partial charge in [0.05, 0.1) is 7.11 Å². The molecule has 0 aliphatic rings. The molecule has 0 aromatic heterocycles. The Morgan fingerprint density at radius 3 is 2.38 bits per heavy atom. The number of nitrogens with zero attached hydrogens (tertiary/aromatic N) is 1. The van der Waals surface area contributed by atoms with Gasteiger partial charge in [0.25, 0.3) is 5.91 Å². The van der Waals surface area contributed by atoms with Crippen molar-refractivity contribution in [3.8, 4) is 5.75 Å². The number of aliphatic imine (C=N–C) groups is 1. The van der Waals surface area contributed by atoms with Crippen molar-refractivity contribution in [2.45, 2.75) is 19.3 Å². The second-order valence-electron chi connectivity index (χ2n) is 6.41. The molecule has 0 heterocycles. The quantitative estimate of drug-likeness (QED) is 0.210. The Kier molecular flexibility index (Phi) is 11.8. The molecule has 29 heavy (non-hydrogen) atoms. The van der Waals surface area contributed by atoms with E-state index in [4.69, 9.17) is 4.74 Å². The van der Waals surface area contributed by atoms with Crippen LogP contribution in [0.5, 0.6) is 5.75 Å². The van der Waals surface area contributed by atoms with E-state index in [2.05, 4.69) is 33.1 Å². The molecule has 0 spiro atoms. The average molecular weight is 510 g/mol. The Morgan fingerprint density at radius 1 is 1.00 bits per heavy atom. The van der Waals surface area contributed by atoms with Gasteiger partial charge in [-0.05, 0) is 54.7 Å². The van der Waals surface area contributed by atoms with Crippen molar-refractivity contribution in [2.75, 3.05) is 34.3 Å². The summed E-state index contributed by atoms with van der Waals surface area (Å²) >= 11 is 0. The monoisotopic (exact) mass is 510 g/mol. The average Bonchev–Trinajstić information content (AvgIpc) is 2.75. The zero-order chi connectivity index (χ0) is 20.2. The van der Waals surface area contributed by atoms with Crippen LogP contribution in [0.2, 0.25) is 0 Å². The summed E-state index contributed by atoms with van der Waals surface area (Å²) < 4.78 is 5.18. The Balaban J connectivity index is 0.00000420. The van der Waals surface area contributed by atoms with E-state index in [-0.39, 0.29) is 29.9 Å². The van der Waals surface area contributed by atoms with Crippen molar-refractivity contribution in [1.82, 2.24) is 16.0 Å². The molecule has 0 aliphatic heterocycles. The molecule has 3 N–H and O–H groups in total. The fourth-order valence-electron chi connectivity index (χ4n) is 2.85. The molecule has 2 aromatic rings. The maximum atomic E-state index is 11.7. The van der Waals surface area contributed by atoms with Gasteiger partial charge in [-0.2, -0.15) is 0 Å². The van der Waals surface area contributed by atoms with Gasteiger partial charge in [0, 0.05) is 32.7 Å². The largest absolute Gasteiger partial charge is 0.497 e. The van der Waals surface area contributed by atoms with Gasteiger partial charge in [0.1, 0.15) is 5.75 Å². The Morgan fingerprint density at radius 2 is 1.72 bits per heavy atom. The SMILES string of the molecule is CN=C(NCCCc1ccc(OC)cc1)NCCc1cccc(C(=O)NC)c1.I. The molecule has 0 atom stereocenters. The maximum Gasteiger partial charge on any atom is 0.251 e. The number of rotatable bonds is 9. The smallest absolute Gasteiger partial charge is 0.251 e. The minimum atomic E-state index is -0.0656. The lowest BCUT2D eigenvalue weighted by atomic mass is 10.1. The van der Waals surface area contributed by atoms with Crippen LogP contribution < -0.4 is 20.7 Å². The van der Waals surface area contributed by atoms with Crippen LogP contribution >= 0.6 is 24.0 Å². The van der Waals surface area contributed by atoms with Crippen LogP contribution in [-0.4, -0.2) is 46.2 Å². The first-order valence-electron chi connectivity index (χ1n) is 9.54. The van der Waals surface area contributed by atoms with Gasteiger partial charge in [-0.1, -0.05) is 24.3 Å². The van der Waals surface area contributed by atoms with Crippen LogP contribution in [0.1, 0.15) is 27.9 Å². The summed E-state index contributed by atoms with van der Waals surface area (Å²) in [5.74, 6) is 1.61. The number of carbonyl (C=O) groups is 1. The standard InChI is InChI=1S/C22H30N4O2.HI/c1-23-21(27)19-8-4-6-18(16-19)13-15-26-22(24-2)25-14-5-7-17-9-11-20(28-3)12-10-17;/h4,6,8-12,16H,5,7,13-15H2,1-3H3,(H,23,27)(H2,24,25,26);1H. The first-order chi connectivity index (χ1) is 13.7. The van der Waals surface area contributed by atoms with Gasteiger partial charge >= 0.3 is 0 Å². The molecule has 0 radical (unpaired) electrons. The van der Waals surface area contributed by atoms with Gasteiger partial charge in [0.2, 0.25) is 0 Å². The van der Waals surface area contributed by atoms with Gasteiger partial charge in [0.15, 0.2) is 5.96 Å². The Labute approximate surface area is 190 Å². The number of guanidine groups is 1. The van der Waals surface area contributed by atoms with Crippen molar-refractivity contribution >= 4 is 35.8 Å². The fourth-order valence-corrected chi connectivity index (χ4v) is 2.85. The first-order valence-corrected chi connectivity index (χ1v) is 9.54. The Hall–Kier alpha value is -2.29. The lowest BCUT2D eigenvalue weighted by Gasteiger charge is -2.12. The summed E-state index contributed by atoms with van der Waals surface area (Å²) in [6.07, 6.45) is 2.83. The van der Waals surface area contributed by atoms with Gasteiger partial charge in [-0.15, -0.1) is 24.0 Å². The molecule has 158 valence electrons. The minimum Gasteiger partial charge on any atom is -0.497 e. The fraction of sp³-hybridized carbons (Fsp3) is 0.364. The number of carbonyl (C=O) groups excluding carboxylic acids is 1. The molecule has 6 nitrogen and oxygen atoms in total. The second-order valence-corrected chi connectivity index (χ2v) is 6.41. The van der Waals surface area contributed by atoms with Crippen molar-refractivity contribution in [2.24, 2.45) is 4.99 Å². The van der Waals surface area contributed by atoms with E-state index in [0.717, 1.165) is 49.6 Å². The third-order valence-electron chi connectivity index (χ3n) is 4.44. The van der Waals surface area contributed by atoms with Crippen molar-refractivity contribution in [3.63, 3.8) is 0 Å². The van der Waals surface area contributed by atoms with Gasteiger partial charge in [-0.25, -0.2) is 0 Å². The number of methoxy groups -OCH3 is 1. The molecule has 1 amide bonds. The maximum absolute atomic E-state index is 11.7. The predicted octanol–water partition coefficient (Wildman–Crippen LogP) is 3.01.